The number of ether oxygens (including phenoxy) is 2. The lowest BCUT2D eigenvalue weighted by atomic mass is 10.2. The Balaban J connectivity index is 1.52. The fourth-order valence-electron chi connectivity index (χ4n) is 3.97. The number of hydrogen-bond acceptors (Lipinski definition) is 5. The zero-order chi connectivity index (χ0) is 25.9. The van der Waals surface area contributed by atoms with Gasteiger partial charge in [0, 0.05) is 18.0 Å². The topological polar surface area (TPSA) is 87.4 Å². The number of carbonyl (C=O) groups is 1. The predicted octanol–water partition coefficient (Wildman–Crippen LogP) is 5.24. The molecule has 0 radical (unpaired) electrons. The van der Waals surface area contributed by atoms with E-state index in [1.165, 1.54) is 29.9 Å². The van der Waals surface area contributed by atoms with Gasteiger partial charge in [-0.3, -0.25) is 18.9 Å². The number of rotatable bonds is 7. The highest BCUT2D eigenvalue weighted by molar-refractivity contribution is 5.99. The van der Waals surface area contributed by atoms with Crippen LogP contribution in [0.4, 0.5) is 10.1 Å². The van der Waals surface area contributed by atoms with Gasteiger partial charge < -0.3 is 14.8 Å². The van der Waals surface area contributed by atoms with Crippen LogP contribution in [0, 0.1) is 5.82 Å². The van der Waals surface area contributed by atoms with Gasteiger partial charge in [0.05, 0.1) is 35.7 Å². The monoisotopic (exact) mass is 496 g/mol. The van der Waals surface area contributed by atoms with E-state index in [9.17, 15) is 14.0 Å². The van der Waals surface area contributed by atoms with Crippen LogP contribution in [0.5, 0.6) is 17.2 Å². The molecule has 8 nitrogen and oxygen atoms in total. The number of amides is 1. The Morgan fingerprint density at radius 1 is 0.973 bits per heavy atom. The van der Waals surface area contributed by atoms with Crippen molar-refractivity contribution in [1.82, 2.24) is 14.1 Å². The predicted molar refractivity (Wildman–Crippen MR) is 139 cm³/mol. The standard InChI is InChI=1S/C28H21FN4O4/c1-3-27(34)31-18-5-4-6-20(15-18)33-24-13-14-30-17-25(24)32(28(33)35)19-7-9-21(10-8-19)37-22-11-12-26(36-2)23(29)16-22/h3-17H,1H2,2H3,(H,31,34). The van der Waals surface area contributed by atoms with Gasteiger partial charge in [-0.25, -0.2) is 9.18 Å². The molecule has 5 rings (SSSR count). The SMILES string of the molecule is C=CC(=O)Nc1cccc(-n2c(=O)n(-c3ccc(Oc4ccc(OC)c(F)c4)cc3)c3cnccc32)c1. The van der Waals surface area contributed by atoms with Gasteiger partial charge in [0.15, 0.2) is 11.6 Å². The Labute approximate surface area is 210 Å². The molecule has 37 heavy (non-hydrogen) atoms. The molecule has 9 heteroatoms. The number of halogens is 1. The maximum Gasteiger partial charge on any atom is 0.338 e. The van der Waals surface area contributed by atoms with Gasteiger partial charge in [0.25, 0.3) is 0 Å². The summed E-state index contributed by atoms with van der Waals surface area (Å²) in [6, 6.07) is 19.9. The first-order valence-electron chi connectivity index (χ1n) is 11.2. The summed E-state index contributed by atoms with van der Waals surface area (Å²) in [7, 11) is 1.39. The fourth-order valence-corrected chi connectivity index (χ4v) is 3.97. The molecule has 1 N–H and O–H groups in total. The van der Waals surface area contributed by atoms with Gasteiger partial charge in [-0.2, -0.15) is 0 Å². The number of nitrogens with zero attached hydrogens (tertiary/aromatic N) is 3. The average molecular weight is 496 g/mol. The molecule has 0 atom stereocenters. The molecular formula is C28H21FN4O4. The van der Waals surface area contributed by atoms with E-state index < -0.39 is 5.82 Å². The molecule has 2 heterocycles. The minimum Gasteiger partial charge on any atom is -0.494 e. The first-order valence-corrected chi connectivity index (χ1v) is 11.2. The van der Waals surface area contributed by atoms with Gasteiger partial charge in [-0.15, -0.1) is 0 Å². The third-order valence-electron chi connectivity index (χ3n) is 5.65. The Morgan fingerprint density at radius 2 is 1.73 bits per heavy atom. The number of nitrogens with one attached hydrogen (secondary N) is 1. The summed E-state index contributed by atoms with van der Waals surface area (Å²) in [6.07, 6.45) is 4.40. The van der Waals surface area contributed by atoms with Crippen LogP contribution in [0.15, 0.2) is 103 Å². The summed E-state index contributed by atoms with van der Waals surface area (Å²) >= 11 is 0. The smallest absolute Gasteiger partial charge is 0.338 e. The molecule has 0 aliphatic heterocycles. The van der Waals surface area contributed by atoms with Crippen LogP contribution >= 0.6 is 0 Å². The summed E-state index contributed by atoms with van der Waals surface area (Å²) in [6.45, 7) is 3.46. The number of aromatic nitrogens is 3. The minimum absolute atomic E-state index is 0.126. The summed E-state index contributed by atoms with van der Waals surface area (Å²) in [5.74, 6) is 0.0226. The van der Waals surface area contributed by atoms with E-state index in [4.69, 9.17) is 9.47 Å². The summed E-state index contributed by atoms with van der Waals surface area (Å²) in [5, 5.41) is 2.71. The molecule has 0 saturated carbocycles. The highest BCUT2D eigenvalue weighted by Crippen LogP contribution is 2.28. The Morgan fingerprint density at radius 3 is 2.46 bits per heavy atom. The van der Waals surface area contributed by atoms with Crippen molar-refractivity contribution >= 4 is 22.6 Å². The Hall–Kier alpha value is -5.18. The second kappa shape index (κ2) is 9.82. The highest BCUT2D eigenvalue weighted by Gasteiger charge is 2.17. The molecule has 0 fully saturated rings. The van der Waals surface area contributed by atoms with Crippen LogP contribution in [0.25, 0.3) is 22.4 Å². The zero-order valence-corrected chi connectivity index (χ0v) is 19.7. The maximum absolute atomic E-state index is 14.0. The van der Waals surface area contributed by atoms with Crippen LogP contribution in [-0.2, 0) is 4.79 Å². The zero-order valence-electron chi connectivity index (χ0n) is 19.7. The Bertz CT molecular complexity index is 1690. The molecule has 184 valence electrons. The molecule has 0 saturated heterocycles. The van der Waals surface area contributed by atoms with E-state index >= 15 is 0 Å². The second-order valence-corrected chi connectivity index (χ2v) is 7.95. The minimum atomic E-state index is -0.531. The molecule has 0 aliphatic rings. The van der Waals surface area contributed by atoms with Crippen molar-refractivity contribution in [2.75, 3.05) is 12.4 Å². The number of fused-ring (bicyclic) bond motifs is 1. The number of imidazole rings is 1. The van der Waals surface area contributed by atoms with Gasteiger partial charge >= 0.3 is 5.69 Å². The number of anilines is 1. The van der Waals surface area contributed by atoms with E-state index in [1.54, 1.807) is 77.6 Å². The normalized spacial score (nSPS) is 10.8. The first-order chi connectivity index (χ1) is 18.0. The van der Waals surface area contributed by atoms with Crippen molar-refractivity contribution in [2.45, 2.75) is 0 Å². The number of pyridine rings is 1. The number of carbonyl (C=O) groups excluding carboxylic acids is 1. The van der Waals surface area contributed by atoms with Crippen LogP contribution < -0.4 is 20.5 Å². The van der Waals surface area contributed by atoms with Crippen molar-refractivity contribution in [3.05, 3.63) is 114 Å². The van der Waals surface area contributed by atoms with E-state index in [1.807, 2.05) is 0 Å². The van der Waals surface area contributed by atoms with Crippen LogP contribution in [0.2, 0.25) is 0 Å². The summed E-state index contributed by atoms with van der Waals surface area (Å²) < 4.78 is 27.8. The summed E-state index contributed by atoms with van der Waals surface area (Å²) in [5.41, 5.74) is 2.61. The average Bonchev–Trinajstić information content (AvgIpc) is 3.21. The third-order valence-corrected chi connectivity index (χ3v) is 5.65. The molecule has 0 unspecified atom stereocenters. The van der Waals surface area contributed by atoms with Gasteiger partial charge in [-0.05, 0) is 66.7 Å². The second-order valence-electron chi connectivity index (χ2n) is 7.95. The van der Waals surface area contributed by atoms with Gasteiger partial charge in [-0.1, -0.05) is 12.6 Å². The molecule has 2 aromatic heterocycles. The van der Waals surface area contributed by atoms with Gasteiger partial charge in [0.2, 0.25) is 5.91 Å². The van der Waals surface area contributed by atoms with E-state index in [-0.39, 0.29) is 17.3 Å². The maximum atomic E-state index is 14.0. The van der Waals surface area contributed by atoms with Gasteiger partial charge in [0.1, 0.15) is 11.5 Å². The van der Waals surface area contributed by atoms with E-state index in [2.05, 4.69) is 16.9 Å². The number of hydrogen-bond donors (Lipinski definition) is 1. The molecule has 5 aromatic rings. The molecule has 1 amide bonds. The summed E-state index contributed by atoms with van der Waals surface area (Å²) in [4.78, 5) is 29.6. The third kappa shape index (κ3) is 4.57. The highest BCUT2D eigenvalue weighted by atomic mass is 19.1. The number of benzene rings is 3. The van der Waals surface area contributed by atoms with Crippen molar-refractivity contribution in [2.24, 2.45) is 0 Å². The lowest BCUT2D eigenvalue weighted by molar-refractivity contribution is -0.111. The Kier molecular flexibility index (Phi) is 6.25. The molecule has 0 aliphatic carbocycles. The van der Waals surface area contributed by atoms with Crippen LogP contribution in [0.3, 0.4) is 0 Å². The molecule has 0 bridgehead atoms. The fraction of sp³-hybridized carbons (Fsp3) is 0.0357. The largest absolute Gasteiger partial charge is 0.494 e. The lowest BCUT2D eigenvalue weighted by Gasteiger charge is -2.09. The molecular weight excluding hydrogens is 475 g/mol. The van der Waals surface area contributed by atoms with E-state index in [0.29, 0.717) is 39.6 Å². The lowest BCUT2D eigenvalue weighted by Crippen LogP contribution is -2.22. The van der Waals surface area contributed by atoms with Crippen molar-refractivity contribution < 1.29 is 18.7 Å². The number of methoxy groups -OCH3 is 1. The first kappa shape index (κ1) is 23.6. The molecule has 0 spiro atoms. The quantitative estimate of drug-likeness (QED) is 0.312. The van der Waals surface area contributed by atoms with Crippen LogP contribution in [-0.4, -0.2) is 27.1 Å². The molecule has 3 aromatic carbocycles. The van der Waals surface area contributed by atoms with Crippen molar-refractivity contribution in [1.29, 1.82) is 0 Å². The van der Waals surface area contributed by atoms with E-state index in [0.717, 1.165) is 0 Å². The van der Waals surface area contributed by atoms with Crippen molar-refractivity contribution in [3.8, 4) is 28.6 Å². The van der Waals surface area contributed by atoms with Crippen molar-refractivity contribution in [3.63, 3.8) is 0 Å². The van der Waals surface area contributed by atoms with Crippen LogP contribution in [0.1, 0.15) is 0 Å².